The van der Waals surface area contributed by atoms with E-state index >= 15 is 8.78 Å². The summed E-state index contributed by atoms with van der Waals surface area (Å²) < 4.78 is 59.9. The topological polar surface area (TPSA) is 141 Å². The largest absolute Gasteiger partial charge is 0.477 e. The van der Waals surface area contributed by atoms with E-state index in [0.29, 0.717) is 23.3 Å². The Kier molecular flexibility index (Phi) is 4.96. The van der Waals surface area contributed by atoms with Crippen LogP contribution in [-0.4, -0.2) is 34.8 Å². The molecule has 1 aromatic heterocycles. The Morgan fingerprint density at radius 2 is 1.78 bits per heavy atom. The first kappa shape index (κ1) is 21.4. The van der Waals surface area contributed by atoms with E-state index in [4.69, 9.17) is 17.2 Å². The molecule has 1 atom stereocenters. The summed E-state index contributed by atoms with van der Waals surface area (Å²) in [6, 6.07) is 0.849. The highest BCUT2D eigenvalue weighted by Crippen LogP contribution is 2.37. The highest BCUT2D eigenvalue weighted by atomic mass is 19.1. The SMILES string of the molecule is Nc1cc(-n2cc(C(=O)O)c(=O)c3c(N)c(F)c(N4CCC(N)C4)c(F)c32)c(F)cc1F. The molecule has 2 aromatic carbocycles. The van der Waals surface area contributed by atoms with Gasteiger partial charge in [-0.05, 0) is 12.5 Å². The van der Waals surface area contributed by atoms with Crippen LogP contribution in [0.3, 0.4) is 0 Å². The number of halogens is 4. The summed E-state index contributed by atoms with van der Waals surface area (Å²) in [4.78, 5) is 25.6. The van der Waals surface area contributed by atoms with E-state index in [1.165, 1.54) is 4.90 Å². The lowest BCUT2D eigenvalue weighted by atomic mass is 10.1. The molecule has 1 saturated heterocycles. The molecule has 0 bridgehead atoms. The third-order valence-electron chi connectivity index (χ3n) is 5.43. The number of anilines is 3. The van der Waals surface area contributed by atoms with E-state index in [1.807, 2.05) is 0 Å². The van der Waals surface area contributed by atoms with E-state index in [2.05, 4.69) is 0 Å². The Labute approximate surface area is 177 Å². The number of carbonyl (C=O) groups is 1. The van der Waals surface area contributed by atoms with Gasteiger partial charge in [-0.25, -0.2) is 22.4 Å². The summed E-state index contributed by atoms with van der Waals surface area (Å²) in [5, 5.41) is 8.61. The summed E-state index contributed by atoms with van der Waals surface area (Å²) in [5.74, 6) is -6.62. The number of nitrogens with zero attached hydrogens (tertiary/aromatic N) is 2. The molecule has 8 nitrogen and oxygen atoms in total. The number of aromatic carboxylic acids is 1. The molecule has 2 heterocycles. The molecule has 0 amide bonds. The number of hydrogen-bond donors (Lipinski definition) is 4. The molecule has 7 N–H and O–H groups in total. The van der Waals surface area contributed by atoms with Crippen molar-refractivity contribution in [3.63, 3.8) is 0 Å². The highest BCUT2D eigenvalue weighted by Gasteiger charge is 2.31. The summed E-state index contributed by atoms with van der Waals surface area (Å²) in [6.07, 6.45) is 1.09. The van der Waals surface area contributed by atoms with Gasteiger partial charge in [0, 0.05) is 31.4 Å². The van der Waals surface area contributed by atoms with Crippen LogP contribution in [0.2, 0.25) is 0 Å². The standard InChI is InChI=1S/C20H17F4N5O3/c21-9-3-10(22)12(4-11(9)26)29-6-8(20(31)32)19(30)13-16(27)14(23)18(15(24)17(13)29)28-2-1-7(25)5-28/h3-4,6-7H,1-2,5,25-27H2,(H,31,32). The summed E-state index contributed by atoms with van der Waals surface area (Å²) in [7, 11) is 0. The average molecular weight is 451 g/mol. The molecule has 1 aliphatic rings. The molecule has 0 radical (unpaired) electrons. The van der Waals surface area contributed by atoms with Crippen molar-refractivity contribution >= 4 is 33.9 Å². The van der Waals surface area contributed by atoms with E-state index < -0.39 is 73.9 Å². The predicted octanol–water partition coefficient (Wildman–Crippen LogP) is 1.95. The zero-order valence-corrected chi connectivity index (χ0v) is 16.3. The minimum absolute atomic E-state index is 0.0914. The minimum Gasteiger partial charge on any atom is -0.477 e. The molecule has 0 spiro atoms. The van der Waals surface area contributed by atoms with E-state index in [0.717, 1.165) is 6.07 Å². The van der Waals surface area contributed by atoms with Gasteiger partial charge in [0.1, 0.15) is 22.9 Å². The number of hydrogen-bond acceptors (Lipinski definition) is 6. The third-order valence-corrected chi connectivity index (χ3v) is 5.43. The van der Waals surface area contributed by atoms with Crippen LogP contribution < -0.4 is 27.5 Å². The van der Waals surface area contributed by atoms with Gasteiger partial charge < -0.3 is 31.8 Å². The Morgan fingerprint density at radius 1 is 1.09 bits per heavy atom. The Bertz CT molecular complexity index is 1360. The molecule has 168 valence electrons. The molecule has 1 aliphatic heterocycles. The molecule has 4 rings (SSSR count). The van der Waals surface area contributed by atoms with Gasteiger partial charge in [-0.2, -0.15) is 0 Å². The van der Waals surface area contributed by atoms with Crippen molar-refractivity contribution in [3.05, 3.63) is 57.4 Å². The number of fused-ring (bicyclic) bond motifs is 1. The Morgan fingerprint density at radius 3 is 2.38 bits per heavy atom. The van der Waals surface area contributed by atoms with Crippen LogP contribution in [0.4, 0.5) is 34.6 Å². The van der Waals surface area contributed by atoms with Crippen LogP contribution in [0.5, 0.6) is 0 Å². The van der Waals surface area contributed by atoms with E-state index in [9.17, 15) is 23.5 Å². The second-order valence-corrected chi connectivity index (χ2v) is 7.48. The smallest absolute Gasteiger partial charge is 0.341 e. The van der Waals surface area contributed by atoms with Crippen molar-refractivity contribution < 1.29 is 27.5 Å². The van der Waals surface area contributed by atoms with Crippen LogP contribution in [0, 0.1) is 23.3 Å². The number of rotatable bonds is 3. The van der Waals surface area contributed by atoms with Gasteiger partial charge in [0.2, 0.25) is 5.43 Å². The molecule has 0 saturated carbocycles. The normalized spacial score (nSPS) is 16.2. The fourth-order valence-corrected chi connectivity index (χ4v) is 3.87. The molecular formula is C20H17F4N5O3. The fourth-order valence-electron chi connectivity index (χ4n) is 3.87. The quantitative estimate of drug-likeness (QED) is 0.352. The molecule has 1 unspecified atom stereocenters. The lowest BCUT2D eigenvalue weighted by Gasteiger charge is -2.23. The second-order valence-electron chi connectivity index (χ2n) is 7.48. The molecule has 32 heavy (non-hydrogen) atoms. The predicted molar refractivity (Wildman–Crippen MR) is 110 cm³/mol. The fraction of sp³-hybridized carbons (Fsp3) is 0.200. The van der Waals surface area contributed by atoms with Gasteiger partial charge in [-0.3, -0.25) is 4.79 Å². The van der Waals surface area contributed by atoms with Gasteiger partial charge in [0.25, 0.3) is 0 Å². The van der Waals surface area contributed by atoms with Crippen LogP contribution in [0.25, 0.3) is 16.6 Å². The van der Waals surface area contributed by atoms with Crippen molar-refractivity contribution in [3.8, 4) is 5.69 Å². The Hall–Kier alpha value is -3.80. The zero-order valence-electron chi connectivity index (χ0n) is 16.3. The molecule has 3 aromatic rings. The van der Waals surface area contributed by atoms with Gasteiger partial charge in [-0.15, -0.1) is 0 Å². The van der Waals surface area contributed by atoms with Gasteiger partial charge >= 0.3 is 5.97 Å². The third kappa shape index (κ3) is 3.11. The lowest BCUT2D eigenvalue weighted by Crippen LogP contribution is -2.29. The van der Waals surface area contributed by atoms with Crippen molar-refractivity contribution in [2.75, 3.05) is 29.5 Å². The maximum Gasteiger partial charge on any atom is 0.341 e. The van der Waals surface area contributed by atoms with Gasteiger partial charge in [0.15, 0.2) is 11.6 Å². The Balaban J connectivity index is 2.20. The molecular weight excluding hydrogens is 434 g/mol. The first-order valence-corrected chi connectivity index (χ1v) is 9.37. The zero-order chi connectivity index (χ0) is 23.5. The minimum atomic E-state index is -1.74. The molecule has 12 heteroatoms. The number of nitrogen functional groups attached to an aromatic ring is 2. The molecule has 0 aliphatic carbocycles. The number of nitrogens with two attached hydrogens (primary N) is 3. The van der Waals surface area contributed by atoms with E-state index in [1.54, 1.807) is 0 Å². The summed E-state index contributed by atoms with van der Waals surface area (Å²) in [5.41, 5.74) is 11.8. The maximum absolute atomic E-state index is 15.7. The number of carboxylic acids is 1. The van der Waals surface area contributed by atoms with Crippen molar-refractivity contribution in [2.45, 2.75) is 12.5 Å². The summed E-state index contributed by atoms with van der Waals surface area (Å²) in [6.45, 7) is 0.281. The van der Waals surface area contributed by atoms with Crippen LogP contribution in [0.15, 0.2) is 23.1 Å². The first-order chi connectivity index (χ1) is 15.0. The van der Waals surface area contributed by atoms with Crippen molar-refractivity contribution in [1.82, 2.24) is 4.57 Å². The van der Waals surface area contributed by atoms with Gasteiger partial charge in [-0.1, -0.05) is 0 Å². The number of benzene rings is 2. The number of carboxylic acid groups (broad SMARTS) is 1. The number of pyridine rings is 1. The summed E-state index contributed by atoms with van der Waals surface area (Å²) >= 11 is 0. The van der Waals surface area contributed by atoms with E-state index in [-0.39, 0.29) is 19.1 Å². The first-order valence-electron chi connectivity index (χ1n) is 9.37. The second kappa shape index (κ2) is 7.41. The average Bonchev–Trinajstić information content (AvgIpc) is 3.14. The number of aromatic nitrogens is 1. The molecule has 1 fully saturated rings. The van der Waals surface area contributed by atoms with Crippen molar-refractivity contribution in [2.24, 2.45) is 5.73 Å². The lowest BCUT2D eigenvalue weighted by molar-refractivity contribution is 0.0695. The van der Waals surface area contributed by atoms with Crippen molar-refractivity contribution in [1.29, 1.82) is 0 Å². The van der Waals surface area contributed by atoms with Crippen LogP contribution in [-0.2, 0) is 0 Å². The maximum atomic E-state index is 15.7. The highest BCUT2D eigenvalue weighted by molar-refractivity contribution is 6.00. The monoisotopic (exact) mass is 451 g/mol. The van der Waals surface area contributed by atoms with Crippen LogP contribution in [0.1, 0.15) is 16.8 Å². The van der Waals surface area contributed by atoms with Gasteiger partial charge in [0.05, 0.1) is 28.0 Å². The van der Waals surface area contributed by atoms with Crippen LogP contribution >= 0.6 is 0 Å².